The van der Waals surface area contributed by atoms with Crippen molar-refractivity contribution in [1.82, 2.24) is 0 Å². The third kappa shape index (κ3) is 4.71. The van der Waals surface area contributed by atoms with Crippen LogP contribution in [0.2, 0.25) is 0 Å². The Bertz CT molecular complexity index is 1030. The molecule has 0 saturated carbocycles. The van der Waals surface area contributed by atoms with Crippen LogP contribution >= 0.6 is 0 Å². The van der Waals surface area contributed by atoms with E-state index in [1.807, 2.05) is 49.4 Å². The first kappa shape index (κ1) is 19.0. The van der Waals surface area contributed by atoms with Gasteiger partial charge in [0, 0.05) is 11.5 Å². The van der Waals surface area contributed by atoms with Crippen LogP contribution in [0.4, 0.5) is 5.69 Å². The Morgan fingerprint density at radius 1 is 0.963 bits per heavy atom. The zero-order valence-corrected chi connectivity index (χ0v) is 16.3. The smallest absolute Gasteiger partial charge is 0.232 e. The van der Waals surface area contributed by atoms with Gasteiger partial charge in [0.05, 0.1) is 18.6 Å². The van der Waals surface area contributed by atoms with E-state index in [1.165, 1.54) is 7.11 Å². The summed E-state index contributed by atoms with van der Waals surface area (Å²) < 4.78 is 38.3. The molecule has 0 aromatic heterocycles. The third-order valence-corrected chi connectivity index (χ3v) is 5.54. The second kappa shape index (κ2) is 8.31. The van der Waals surface area contributed by atoms with Gasteiger partial charge >= 0.3 is 0 Å². The van der Waals surface area contributed by atoms with Crippen LogP contribution in [0.15, 0.2) is 60.7 Å². The predicted molar refractivity (Wildman–Crippen MR) is 109 cm³/mol. The molecular formula is C21H23NO4S. The van der Waals surface area contributed by atoms with E-state index < -0.39 is 10.0 Å². The molecule has 0 fully saturated rings. The Hall–Kier alpha value is -2.73. The van der Waals surface area contributed by atoms with Crippen LogP contribution in [0, 0.1) is 0 Å². The van der Waals surface area contributed by atoms with E-state index in [-0.39, 0.29) is 5.75 Å². The van der Waals surface area contributed by atoms with Crippen LogP contribution in [0.1, 0.15) is 19.8 Å². The van der Waals surface area contributed by atoms with Crippen LogP contribution in [0.3, 0.4) is 0 Å². The minimum atomic E-state index is -3.40. The lowest BCUT2D eigenvalue weighted by Crippen LogP contribution is -2.17. The minimum absolute atomic E-state index is 0.0842. The summed E-state index contributed by atoms with van der Waals surface area (Å²) >= 11 is 0. The van der Waals surface area contributed by atoms with Gasteiger partial charge in [-0.15, -0.1) is 0 Å². The van der Waals surface area contributed by atoms with Crippen molar-refractivity contribution in [2.75, 3.05) is 17.6 Å². The van der Waals surface area contributed by atoms with Crippen molar-refractivity contribution in [3.8, 4) is 17.2 Å². The highest BCUT2D eigenvalue weighted by Gasteiger charge is 2.14. The monoisotopic (exact) mass is 385 g/mol. The molecule has 27 heavy (non-hydrogen) atoms. The van der Waals surface area contributed by atoms with Crippen molar-refractivity contribution < 1.29 is 17.9 Å². The molecule has 1 N–H and O–H groups in total. The van der Waals surface area contributed by atoms with E-state index in [0.29, 0.717) is 23.6 Å². The van der Waals surface area contributed by atoms with Gasteiger partial charge in [0.15, 0.2) is 0 Å². The number of sulfonamides is 1. The molecule has 3 aromatic rings. The SMILES string of the molecule is CCCCS(=O)(=O)Nc1ccc(Oc2cccc3ccccc23)cc1OC. The Morgan fingerprint density at radius 2 is 1.74 bits per heavy atom. The third-order valence-electron chi connectivity index (χ3n) is 4.18. The number of hydrogen-bond acceptors (Lipinski definition) is 4. The number of methoxy groups -OCH3 is 1. The normalized spacial score (nSPS) is 11.3. The summed E-state index contributed by atoms with van der Waals surface area (Å²) in [5.74, 6) is 1.79. The molecule has 6 heteroatoms. The number of hydrogen-bond donors (Lipinski definition) is 1. The average Bonchev–Trinajstić information content (AvgIpc) is 2.67. The lowest BCUT2D eigenvalue weighted by Gasteiger charge is -2.14. The topological polar surface area (TPSA) is 64.6 Å². The molecule has 0 aliphatic heterocycles. The van der Waals surface area contributed by atoms with Crippen molar-refractivity contribution in [2.45, 2.75) is 19.8 Å². The second-order valence-electron chi connectivity index (χ2n) is 6.22. The number of anilines is 1. The number of benzene rings is 3. The molecule has 5 nitrogen and oxygen atoms in total. The van der Waals surface area contributed by atoms with Crippen molar-refractivity contribution >= 4 is 26.5 Å². The van der Waals surface area contributed by atoms with Crippen molar-refractivity contribution in [2.24, 2.45) is 0 Å². The van der Waals surface area contributed by atoms with Crippen LogP contribution in [0.5, 0.6) is 17.2 Å². The molecule has 3 aromatic carbocycles. The average molecular weight is 385 g/mol. The standard InChI is InChI=1S/C21H23NO4S/c1-3-4-14-27(23,24)22-19-13-12-17(15-21(19)25-2)26-20-11-7-9-16-8-5-6-10-18(16)20/h5-13,15,22H,3-4,14H2,1-2H3. The number of nitrogens with one attached hydrogen (secondary N) is 1. The van der Waals surface area contributed by atoms with Crippen molar-refractivity contribution in [3.63, 3.8) is 0 Å². The molecule has 3 rings (SSSR count). The van der Waals surface area contributed by atoms with Crippen molar-refractivity contribution in [3.05, 3.63) is 60.7 Å². The minimum Gasteiger partial charge on any atom is -0.494 e. The summed E-state index contributed by atoms with van der Waals surface area (Å²) in [6.07, 6.45) is 1.43. The zero-order chi connectivity index (χ0) is 19.3. The fourth-order valence-electron chi connectivity index (χ4n) is 2.78. The van der Waals surface area contributed by atoms with Crippen LogP contribution in [-0.2, 0) is 10.0 Å². The molecule has 0 heterocycles. The van der Waals surface area contributed by atoms with Crippen LogP contribution in [-0.4, -0.2) is 21.3 Å². The van der Waals surface area contributed by atoms with Crippen LogP contribution < -0.4 is 14.2 Å². The predicted octanol–water partition coefficient (Wildman–Crippen LogP) is 5.18. The maximum Gasteiger partial charge on any atom is 0.232 e. The number of unbranched alkanes of at least 4 members (excludes halogenated alkanes) is 1. The van der Waals surface area contributed by atoms with Gasteiger partial charge in [0.1, 0.15) is 17.2 Å². The first-order valence-electron chi connectivity index (χ1n) is 8.86. The molecule has 0 amide bonds. The molecule has 0 saturated heterocycles. The van der Waals surface area contributed by atoms with Gasteiger partial charge in [-0.1, -0.05) is 49.7 Å². The van der Waals surface area contributed by atoms with Gasteiger partial charge in [0.25, 0.3) is 0 Å². The Morgan fingerprint density at radius 3 is 2.52 bits per heavy atom. The summed E-state index contributed by atoms with van der Waals surface area (Å²) in [6, 6.07) is 18.9. The van der Waals surface area contributed by atoms with Gasteiger partial charge in [-0.3, -0.25) is 4.72 Å². The van der Waals surface area contributed by atoms with E-state index in [1.54, 1.807) is 18.2 Å². The lowest BCUT2D eigenvalue weighted by molar-refractivity contribution is 0.411. The van der Waals surface area contributed by atoms with Gasteiger partial charge in [-0.2, -0.15) is 0 Å². The quantitative estimate of drug-likeness (QED) is 0.580. The maximum atomic E-state index is 12.2. The number of rotatable bonds is 8. The molecule has 0 bridgehead atoms. The highest BCUT2D eigenvalue weighted by atomic mass is 32.2. The Balaban J connectivity index is 1.86. The largest absolute Gasteiger partial charge is 0.494 e. The fourth-order valence-corrected chi connectivity index (χ4v) is 4.06. The summed E-state index contributed by atoms with van der Waals surface area (Å²) in [6.45, 7) is 1.95. The van der Waals surface area contributed by atoms with E-state index >= 15 is 0 Å². The molecular weight excluding hydrogens is 362 g/mol. The van der Waals surface area contributed by atoms with E-state index in [2.05, 4.69) is 4.72 Å². The fraction of sp³-hybridized carbons (Fsp3) is 0.238. The summed E-state index contributed by atoms with van der Waals surface area (Å²) in [5, 5.41) is 2.09. The van der Waals surface area contributed by atoms with Crippen LogP contribution in [0.25, 0.3) is 10.8 Å². The van der Waals surface area contributed by atoms with Gasteiger partial charge in [0.2, 0.25) is 10.0 Å². The highest BCUT2D eigenvalue weighted by Crippen LogP contribution is 2.34. The molecule has 0 atom stereocenters. The van der Waals surface area contributed by atoms with E-state index in [4.69, 9.17) is 9.47 Å². The summed E-state index contributed by atoms with van der Waals surface area (Å²) in [5.41, 5.74) is 0.402. The number of ether oxygens (including phenoxy) is 2. The second-order valence-corrected chi connectivity index (χ2v) is 8.06. The van der Waals surface area contributed by atoms with E-state index in [9.17, 15) is 8.42 Å². The molecule has 0 unspecified atom stereocenters. The highest BCUT2D eigenvalue weighted by molar-refractivity contribution is 7.92. The van der Waals surface area contributed by atoms with Gasteiger partial charge < -0.3 is 9.47 Å². The lowest BCUT2D eigenvalue weighted by atomic mass is 10.1. The first-order chi connectivity index (χ1) is 13.0. The first-order valence-corrected chi connectivity index (χ1v) is 10.5. The summed E-state index contributed by atoms with van der Waals surface area (Å²) in [7, 11) is -1.90. The molecule has 142 valence electrons. The summed E-state index contributed by atoms with van der Waals surface area (Å²) in [4.78, 5) is 0. The van der Waals surface area contributed by atoms with E-state index in [0.717, 1.165) is 22.9 Å². The van der Waals surface area contributed by atoms with Gasteiger partial charge in [-0.25, -0.2) is 8.42 Å². The molecule has 0 spiro atoms. The Labute approximate surface area is 160 Å². The Kier molecular flexibility index (Phi) is 5.86. The molecule has 0 aliphatic carbocycles. The van der Waals surface area contributed by atoms with Gasteiger partial charge in [-0.05, 0) is 30.0 Å². The zero-order valence-electron chi connectivity index (χ0n) is 15.4. The molecule has 0 radical (unpaired) electrons. The number of fused-ring (bicyclic) bond motifs is 1. The maximum absolute atomic E-state index is 12.2. The van der Waals surface area contributed by atoms with Crippen molar-refractivity contribution in [1.29, 1.82) is 0 Å². The molecule has 0 aliphatic rings.